The van der Waals surface area contributed by atoms with Crippen molar-refractivity contribution in [3.63, 3.8) is 0 Å². The lowest BCUT2D eigenvalue weighted by Gasteiger charge is -2.15. The van der Waals surface area contributed by atoms with Crippen LogP contribution in [-0.2, 0) is 4.79 Å². The van der Waals surface area contributed by atoms with Crippen LogP contribution in [-0.4, -0.2) is 21.1 Å². The molecule has 0 aliphatic rings. The molecule has 0 spiro atoms. The fourth-order valence-corrected chi connectivity index (χ4v) is 5.19. The zero-order valence-electron chi connectivity index (χ0n) is 16.5. The molecule has 1 unspecified atom stereocenters. The number of para-hydroxylation sites is 1. The van der Waals surface area contributed by atoms with E-state index in [2.05, 4.69) is 29.1 Å². The first-order valence-corrected chi connectivity index (χ1v) is 11.1. The molecule has 1 N–H and O–H groups in total. The second-order valence-corrected chi connectivity index (χ2v) is 9.34. The van der Waals surface area contributed by atoms with Gasteiger partial charge in [-0.05, 0) is 38.0 Å². The van der Waals surface area contributed by atoms with E-state index in [9.17, 15) is 4.79 Å². The molecule has 6 heteroatoms. The zero-order valence-corrected chi connectivity index (χ0v) is 18.1. The molecule has 0 saturated carbocycles. The molecule has 29 heavy (non-hydrogen) atoms. The highest BCUT2D eigenvalue weighted by Crippen LogP contribution is 2.36. The number of anilines is 1. The molecule has 4 rings (SSSR count). The molecule has 1 amide bonds. The minimum absolute atomic E-state index is 0.0465. The lowest BCUT2D eigenvalue weighted by Crippen LogP contribution is -2.22. The average molecular weight is 420 g/mol. The van der Waals surface area contributed by atoms with Crippen LogP contribution in [0.4, 0.5) is 5.69 Å². The Morgan fingerprint density at radius 1 is 1.03 bits per heavy atom. The Balaban J connectivity index is 1.56. The van der Waals surface area contributed by atoms with Gasteiger partial charge in [0.2, 0.25) is 5.91 Å². The molecule has 0 radical (unpaired) electrons. The number of thiophene rings is 1. The first-order valence-electron chi connectivity index (χ1n) is 9.37. The summed E-state index contributed by atoms with van der Waals surface area (Å²) in [5.74, 6) is -0.0465. The third-order valence-electron chi connectivity index (χ3n) is 4.86. The molecule has 146 valence electrons. The van der Waals surface area contributed by atoms with Crippen molar-refractivity contribution in [3.05, 3.63) is 71.4 Å². The zero-order chi connectivity index (χ0) is 20.4. The number of thioether (sulfide) groups is 1. The Labute approximate surface area is 178 Å². The monoisotopic (exact) mass is 419 g/mol. The van der Waals surface area contributed by atoms with E-state index < -0.39 is 0 Å². The Bertz CT molecular complexity index is 1170. The summed E-state index contributed by atoms with van der Waals surface area (Å²) in [7, 11) is 0. The van der Waals surface area contributed by atoms with Crippen LogP contribution in [0.25, 0.3) is 21.3 Å². The Morgan fingerprint density at radius 3 is 2.55 bits per heavy atom. The number of amides is 1. The third kappa shape index (κ3) is 4.04. The molecule has 2 aromatic carbocycles. The number of fused-ring (bicyclic) bond motifs is 1. The van der Waals surface area contributed by atoms with Crippen LogP contribution in [0.5, 0.6) is 0 Å². The molecule has 4 aromatic rings. The summed E-state index contributed by atoms with van der Waals surface area (Å²) < 4.78 is 0. The molecular weight excluding hydrogens is 398 g/mol. The number of carbonyl (C=O) groups excluding carboxylic acids is 1. The molecule has 1 atom stereocenters. The van der Waals surface area contributed by atoms with Gasteiger partial charge in [0, 0.05) is 21.5 Å². The number of hydrogen-bond acceptors (Lipinski definition) is 5. The fraction of sp³-hybridized carbons (Fsp3) is 0.174. The number of aryl methyl sites for hydroxylation is 2. The first kappa shape index (κ1) is 19.6. The smallest absolute Gasteiger partial charge is 0.237 e. The van der Waals surface area contributed by atoms with E-state index in [-0.39, 0.29) is 11.2 Å². The van der Waals surface area contributed by atoms with Gasteiger partial charge in [-0.15, -0.1) is 11.3 Å². The Hall–Kier alpha value is -2.70. The van der Waals surface area contributed by atoms with Crippen LogP contribution in [0.1, 0.15) is 17.4 Å². The molecule has 0 aliphatic heterocycles. The lowest BCUT2D eigenvalue weighted by molar-refractivity contribution is -0.115. The molecule has 2 heterocycles. The van der Waals surface area contributed by atoms with Crippen molar-refractivity contribution in [1.29, 1.82) is 0 Å². The first-order chi connectivity index (χ1) is 14.0. The summed E-state index contributed by atoms with van der Waals surface area (Å²) in [6.45, 7) is 6.09. The number of hydrogen-bond donors (Lipinski definition) is 1. The predicted molar refractivity (Wildman–Crippen MR) is 123 cm³/mol. The molecule has 4 nitrogen and oxygen atoms in total. The van der Waals surface area contributed by atoms with Crippen LogP contribution < -0.4 is 5.32 Å². The molecular formula is C23H21N3OS2. The maximum Gasteiger partial charge on any atom is 0.237 e. The topological polar surface area (TPSA) is 54.9 Å². The van der Waals surface area contributed by atoms with Crippen molar-refractivity contribution in [2.75, 3.05) is 5.32 Å². The minimum atomic E-state index is -0.295. The van der Waals surface area contributed by atoms with Crippen LogP contribution in [0.2, 0.25) is 0 Å². The SMILES string of the molecule is Cc1sc2ncnc(SC(C)C(=O)Nc3ccccc3-c3ccccc3)c2c1C. The second-order valence-electron chi connectivity index (χ2n) is 6.80. The van der Waals surface area contributed by atoms with Gasteiger partial charge in [0.15, 0.2) is 0 Å². The summed E-state index contributed by atoms with van der Waals surface area (Å²) in [5.41, 5.74) is 4.08. The van der Waals surface area contributed by atoms with Gasteiger partial charge in [-0.3, -0.25) is 4.79 Å². The highest BCUT2D eigenvalue weighted by atomic mass is 32.2. The summed E-state index contributed by atoms with van der Waals surface area (Å²) in [4.78, 5) is 24.0. The van der Waals surface area contributed by atoms with Gasteiger partial charge >= 0.3 is 0 Å². The fourth-order valence-electron chi connectivity index (χ4n) is 3.16. The summed E-state index contributed by atoms with van der Waals surface area (Å²) in [6, 6.07) is 17.9. The van der Waals surface area contributed by atoms with E-state index in [4.69, 9.17) is 0 Å². The number of aromatic nitrogens is 2. The van der Waals surface area contributed by atoms with Gasteiger partial charge in [-0.1, -0.05) is 60.3 Å². The van der Waals surface area contributed by atoms with E-state index >= 15 is 0 Å². The highest BCUT2D eigenvalue weighted by molar-refractivity contribution is 8.00. The summed E-state index contributed by atoms with van der Waals surface area (Å²) in [6.07, 6.45) is 1.58. The van der Waals surface area contributed by atoms with Gasteiger partial charge in [-0.25, -0.2) is 9.97 Å². The summed E-state index contributed by atoms with van der Waals surface area (Å²) >= 11 is 3.14. The number of carbonyl (C=O) groups is 1. The Kier molecular flexibility index (Phi) is 5.65. The van der Waals surface area contributed by atoms with Gasteiger partial charge in [0.1, 0.15) is 16.2 Å². The third-order valence-corrected chi connectivity index (χ3v) is 7.07. The number of nitrogens with zero attached hydrogens (tertiary/aromatic N) is 2. The number of rotatable bonds is 5. The normalized spacial score (nSPS) is 12.1. The van der Waals surface area contributed by atoms with Crippen LogP contribution in [0.3, 0.4) is 0 Å². The number of nitrogens with one attached hydrogen (secondary N) is 1. The van der Waals surface area contributed by atoms with Crippen molar-refractivity contribution in [2.24, 2.45) is 0 Å². The average Bonchev–Trinajstić information content (AvgIpc) is 3.03. The molecule has 0 bridgehead atoms. The van der Waals surface area contributed by atoms with E-state index in [0.717, 1.165) is 32.1 Å². The highest BCUT2D eigenvalue weighted by Gasteiger charge is 2.20. The van der Waals surface area contributed by atoms with Crippen molar-refractivity contribution >= 4 is 44.9 Å². The van der Waals surface area contributed by atoms with Crippen LogP contribution in [0.15, 0.2) is 66.0 Å². The maximum absolute atomic E-state index is 13.0. The van der Waals surface area contributed by atoms with E-state index in [1.54, 1.807) is 17.7 Å². The predicted octanol–water partition coefficient (Wildman–Crippen LogP) is 6.09. The molecule has 0 aliphatic carbocycles. The van der Waals surface area contributed by atoms with Crippen molar-refractivity contribution in [2.45, 2.75) is 31.0 Å². The minimum Gasteiger partial charge on any atom is -0.325 e. The van der Waals surface area contributed by atoms with Crippen molar-refractivity contribution in [3.8, 4) is 11.1 Å². The van der Waals surface area contributed by atoms with Gasteiger partial charge in [0.05, 0.1) is 5.25 Å². The van der Waals surface area contributed by atoms with Crippen molar-refractivity contribution < 1.29 is 4.79 Å². The molecule has 2 aromatic heterocycles. The van der Waals surface area contributed by atoms with E-state index in [1.165, 1.54) is 22.2 Å². The van der Waals surface area contributed by atoms with Crippen LogP contribution in [0, 0.1) is 13.8 Å². The standard InChI is InChI=1S/C23H21N3OS2/c1-14-15(2)28-22-20(14)23(25-13-24-22)29-16(3)21(27)26-19-12-8-7-11-18(19)17-9-5-4-6-10-17/h4-13,16H,1-3H3,(H,26,27). The van der Waals surface area contributed by atoms with Crippen molar-refractivity contribution in [1.82, 2.24) is 9.97 Å². The number of benzene rings is 2. The lowest BCUT2D eigenvalue weighted by atomic mass is 10.0. The van der Waals surface area contributed by atoms with Crippen LogP contribution >= 0.6 is 23.1 Å². The quantitative estimate of drug-likeness (QED) is 0.314. The largest absolute Gasteiger partial charge is 0.325 e. The second kappa shape index (κ2) is 8.35. The van der Waals surface area contributed by atoms with E-state index in [0.29, 0.717) is 0 Å². The molecule has 0 fully saturated rings. The Morgan fingerprint density at radius 2 is 1.76 bits per heavy atom. The van der Waals surface area contributed by atoms with Gasteiger partial charge < -0.3 is 5.32 Å². The van der Waals surface area contributed by atoms with Gasteiger partial charge in [0.25, 0.3) is 0 Å². The van der Waals surface area contributed by atoms with E-state index in [1.807, 2.05) is 61.5 Å². The summed E-state index contributed by atoms with van der Waals surface area (Å²) in [5, 5.41) is 4.72. The maximum atomic E-state index is 13.0. The molecule has 0 saturated heterocycles. The van der Waals surface area contributed by atoms with Gasteiger partial charge in [-0.2, -0.15) is 0 Å².